The molecule has 0 aromatic heterocycles. The lowest BCUT2D eigenvalue weighted by Gasteiger charge is -2.40. The van der Waals surface area contributed by atoms with Crippen molar-refractivity contribution < 1.29 is 22.8 Å². The lowest BCUT2D eigenvalue weighted by molar-refractivity contribution is -0.144. The minimum atomic E-state index is -4.45. The van der Waals surface area contributed by atoms with Gasteiger partial charge >= 0.3 is 6.18 Å². The molecule has 1 aliphatic heterocycles. The Morgan fingerprint density at radius 3 is 2.22 bits per heavy atom. The monoisotopic (exact) mass is 328 g/mol. The minimum Gasteiger partial charge on any atom is -0.346 e. The molecule has 0 aliphatic carbocycles. The van der Waals surface area contributed by atoms with Gasteiger partial charge in [-0.25, -0.2) is 0 Å². The van der Waals surface area contributed by atoms with Crippen LogP contribution in [0.2, 0.25) is 0 Å². The molecule has 1 heterocycles. The molecule has 1 aromatic rings. The van der Waals surface area contributed by atoms with E-state index in [0.29, 0.717) is 31.5 Å². The summed E-state index contributed by atoms with van der Waals surface area (Å²) in [4.78, 5) is 25.6. The Labute approximate surface area is 132 Å². The van der Waals surface area contributed by atoms with Crippen molar-refractivity contribution in [2.75, 3.05) is 19.6 Å². The number of likely N-dealkylation sites (tertiary alicyclic amines) is 1. The Morgan fingerprint density at radius 1 is 1.17 bits per heavy atom. The summed E-state index contributed by atoms with van der Waals surface area (Å²) in [5.74, 6) is -0.730. The number of hydrogen-bond donors (Lipinski definition) is 1. The smallest absolute Gasteiger partial charge is 0.346 e. The van der Waals surface area contributed by atoms with Crippen molar-refractivity contribution in [3.63, 3.8) is 0 Å². The van der Waals surface area contributed by atoms with Crippen molar-refractivity contribution in [3.05, 3.63) is 35.9 Å². The number of alkyl halides is 3. The highest BCUT2D eigenvalue weighted by Gasteiger charge is 2.44. The van der Waals surface area contributed by atoms with E-state index in [1.807, 2.05) is 5.32 Å². The molecular formula is C16H19F3N2O2. The van der Waals surface area contributed by atoms with Gasteiger partial charge in [-0.1, -0.05) is 30.3 Å². The summed E-state index contributed by atoms with van der Waals surface area (Å²) in [6.45, 7) is 0.795. The van der Waals surface area contributed by atoms with Crippen LogP contribution in [0, 0.1) is 0 Å². The quantitative estimate of drug-likeness (QED) is 0.925. The average Bonchev–Trinajstić information content (AvgIpc) is 2.52. The van der Waals surface area contributed by atoms with E-state index < -0.39 is 24.0 Å². The van der Waals surface area contributed by atoms with Gasteiger partial charge in [-0.05, 0) is 18.4 Å². The normalized spacial score (nSPS) is 17.7. The number of hydrogen-bond acceptors (Lipinski definition) is 2. The predicted octanol–water partition coefficient (Wildman–Crippen LogP) is 2.25. The zero-order valence-corrected chi connectivity index (χ0v) is 12.8. The number of nitrogens with zero attached hydrogens (tertiary/aromatic N) is 1. The summed E-state index contributed by atoms with van der Waals surface area (Å²) in [7, 11) is 0. The topological polar surface area (TPSA) is 49.4 Å². The third-order valence-corrected chi connectivity index (χ3v) is 4.27. The number of halogens is 3. The summed E-state index contributed by atoms with van der Waals surface area (Å²) >= 11 is 0. The molecule has 1 N–H and O–H groups in total. The summed E-state index contributed by atoms with van der Waals surface area (Å²) in [6, 6.07) is 8.79. The van der Waals surface area contributed by atoms with Gasteiger partial charge < -0.3 is 10.2 Å². The van der Waals surface area contributed by atoms with Crippen molar-refractivity contribution in [1.29, 1.82) is 0 Å². The van der Waals surface area contributed by atoms with Gasteiger partial charge in [0, 0.05) is 20.0 Å². The van der Waals surface area contributed by atoms with Gasteiger partial charge in [0.05, 0.1) is 5.41 Å². The number of carbonyl (C=O) groups is 2. The number of piperidine rings is 1. The summed E-state index contributed by atoms with van der Waals surface area (Å²) in [6.07, 6.45) is -3.84. The first-order valence-electron chi connectivity index (χ1n) is 7.41. The molecule has 2 rings (SSSR count). The van der Waals surface area contributed by atoms with Gasteiger partial charge in [0.2, 0.25) is 11.8 Å². The van der Waals surface area contributed by atoms with E-state index in [4.69, 9.17) is 0 Å². The molecule has 0 bridgehead atoms. The van der Waals surface area contributed by atoms with Crippen molar-refractivity contribution >= 4 is 11.8 Å². The SMILES string of the molecule is CC(=O)N1CCC(C(=O)NCC(F)(F)F)(c2ccccc2)CC1. The van der Waals surface area contributed by atoms with Crippen molar-refractivity contribution in [3.8, 4) is 0 Å². The van der Waals surface area contributed by atoms with Crippen LogP contribution in [0.4, 0.5) is 13.2 Å². The second-order valence-corrected chi connectivity index (χ2v) is 5.75. The summed E-state index contributed by atoms with van der Waals surface area (Å²) in [5, 5.41) is 2.01. The molecule has 1 saturated heterocycles. The van der Waals surface area contributed by atoms with Gasteiger partial charge in [-0.3, -0.25) is 9.59 Å². The molecule has 0 saturated carbocycles. The van der Waals surface area contributed by atoms with Crippen LogP contribution in [-0.2, 0) is 15.0 Å². The molecule has 126 valence electrons. The third-order valence-electron chi connectivity index (χ3n) is 4.27. The van der Waals surface area contributed by atoms with Gasteiger partial charge in [-0.2, -0.15) is 13.2 Å². The number of amides is 2. The molecule has 1 aliphatic rings. The highest BCUT2D eigenvalue weighted by molar-refractivity contribution is 5.88. The molecule has 0 unspecified atom stereocenters. The Morgan fingerprint density at radius 2 is 1.74 bits per heavy atom. The zero-order valence-electron chi connectivity index (χ0n) is 12.8. The Balaban J connectivity index is 2.23. The standard InChI is InChI=1S/C16H19F3N2O2/c1-12(22)21-9-7-15(8-10-21,13-5-3-2-4-6-13)14(23)20-11-16(17,18)19/h2-6H,7-11H2,1H3,(H,20,23). The maximum absolute atomic E-state index is 12.5. The second kappa shape index (κ2) is 6.60. The first-order valence-corrected chi connectivity index (χ1v) is 7.41. The van der Waals surface area contributed by atoms with Gasteiger partial charge in [-0.15, -0.1) is 0 Å². The fraction of sp³-hybridized carbons (Fsp3) is 0.500. The number of rotatable bonds is 3. The van der Waals surface area contributed by atoms with E-state index in [1.54, 1.807) is 35.2 Å². The molecular weight excluding hydrogens is 309 g/mol. The summed E-state index contributed by atoms with van der Waals surface area (Å²) in [5.41, 5.74) is -0.346. The van der Waals surface area contributed by atoms with Crippen LogP contribution in [0.5, 0.6) is 0 Å². The lowest BCUT2D eigenvalue weighted by atomic mass is 9.72. The highest BCUT2D eigenvalue weighted by atomic mass is 19.4. The number of carbonyl (C=O) groups excluding carboxylic acids is 2. The first kappa shape index (κ1) is 17.3. The van der Waals surface area contributed by atoms with Gasteiger partial charge in [0.25, 0.3) is 0 Å². The van der Waals surface area contributed by atoms with Gasteiger partial charge in [0.15, 0.2) is 0 Å². The Bertz CT molecular complexity index is 564. The minimum absolute atomic E-state index is 0.0950. The van der Waals surface area contributed by atoms with Crippen LogP contribution in [0.3, 0.4) is 0 Å². The average molecular weight is 328 g/mol. The van der Waals surface area contributed by atoms with E-state index in [2.05, 4.69) is 0 Å². The van der Waals surface area contributed by atoms with Crippen molar-refractivity contribution in [2.24, 2.45) is 0 Å². The van der Waals surface area contributed by atoms with Crippen LogP contribution in [-0.4, -0.2) is 42.5 Å². The van der Waals surface area contributed by atoms with Crippen LogP contribution >= 0.6 is 0 Å². The zero-order chi connectivity index (χ0) is 17.1. The Hall–Kier alpha value is -2.05. The fourth-order valence-corrected chi connectivity index (χ4v) is 2.96. The first-order chi connectivity index (χ1) is 10.7. The maximum atomic E-state index is 12.5. The van der Waals surface area contributed by atoms with Crippen LogP contribution in [0.1, 0.15) is 25.3 Å². The third kappa shape index (κ3) is 4.03. The number of benzene rings is 1. The van der Waals surface area contributed by atoms with Gasteiger partial charge in [0.1, 0.15) is 6.54 Å². The van der Waals surface area contributed by atoms with Crippen LogP contribution < -0.4 is 5.32 Å². The predicted molar refractivity (Wildman–Crippen MR) is 78.7 cm³/mol. The molecule has 0 spiro atoms. The largest absolute Gasteiger partial charge is 0.405 e. The Kier molecular flexibility index (Phi) is 4.97. The molecule has 0 atom stereocenters. The second-order valence-electron chi connectivity index (χ2n) is 5.75. The van der Waals surface area contributed by atoms with Crippen molar-refractivity contribution in [1.82, 2.24) is 10.2 Å². The molecule has 0 radical (unpaired) electrons. The van der Waals surface area contributed by atoms with E-state index in [-0.39, 0.29) is 5.91 Å². The molecule has 1 aromatic carbocycles. The van der Waals surface area contributed by atoms with Crippen molar-refractivity contribution in [2.45, 2.75) is 31.4 Å². The maximum Gasteiger partial charge on any atom is 0.405 e. The highest BCUT2D eigenvalue weighted by Crippen LogP contribution is 2.36. The van der Waals surface area contributed by atoms with E-state index in [9.17, 15) is 22.8 Å². The molecule has 1 fully saturated rings. The fourth-order valence-electron chi connectivity index (χ4n) is 2.96. The molecule has 2 amide bonds. The van der Waals surface area contributed by atoms with E-state index in [1.165, 1.54) is 6.92 Å². The number of nitrogens with one attached hydrogen (secondary N) is 1. The lowest BCUT2D eigenvalue weighted by Crippen LogP contribution is -2.53. The summed E-state index contributed by atoms with van der Waals surface area (Å²) < 4.78 is 37.2. The van der Waals surface area contributed by atoms with E-state index in [0.717, 1.165) is 0 Å². The molecule has 7 heteroatoms. The van der Waals surface area contributed by atoms with Crippen LogP contribution in [0.25, 0.3) is 0 Å². The molecule has 23 heavy (non-hydrogen) atoms. The van der Waals surface area contributed by atoms with E-state index >= 15 is 0 Å². The van der Waals surface area contributed by atoms with Crippen LogP contribution in [0.15, 0.2) is 30.3 Å². The molecule has 4 nitrogen and oxygen atoms in total.